The van der Waals surface area contributed by atoms with Gasteiger partial charge in [-0.15, -0.1) is 0 Å². The second-order valence-electron chi connectivity index (χ2n) is 4.74. The first kappa shape index (κ1) is 14.0. The fraction of sp³-hybridized carbons (Fsp3) is 0.500. The van der Waals surface area contributed by atoms with E-state index in [0.717, 1.165) is 25.0 Å². The van der Waals surface area contributed by atoms with Gasteiger partial charge in [0.1, 0.15) is 0 Å². The monoisotopic (exact) mass is 285 g/mol. The van der Waals surface area contributed by atoms with Gasteiger partial charge in [0.25, 0.3) is 0 Å². The van der Waals surface area contributed by atoms with E-state index in [1.54, 1.807) is 19.2 Å². The predicted octanol–water partition coefficient (Wildman–Crippen LogP) is 0.500. The zero-order valence-electron chi connectivity index (χ0n) is 11.3. The Labute approximate surface area is 113 Å². The third kappa shape index (κ3) is 2.76. The molecule has 0 radical (unpaired) electrons. The zero-order chi connectivity index (χ0) is 14.2. The number of ether oxygens (including phenoxy) is 1. The van der Waals surface area contributed by atoms with E-state index in [-0.39, 0.29) is 6.10 Å². The molecule has 7 heteroatoms. The van der Waals surface area contributed by atoms with Crippen LogP contribution in [0.1, 0.15) is 0 Å². The van der Waals surface area contributed by atoms with Crippen molar-refractivity contribution in [1.29, 1.82) is 0 Å². The summed E-state index contributed by atoms with van der Waals surface area (Å²) >= 11 is 0. The van der Waals surface area contributed by atoms with Gasteiger partial charge in [-0.25, -0.2) is 8.42 Å². The minimum absolute atomic E-state index is 0.244. The van der Waals surface area contributed by atoms with E-state index in [1.165, 1.54) is 11.4 Å². The summed E-state index contributed by atoms with van der Waals surface area (Å²) in [5.41, 5.74) is 7.75. The topological polar surface area (TPSA) is 75.9 Å². The van der Waals surface area contributed by atoms with E-state index in [4.69, 9.17) is 10.5 Å². The van der Waals surface area contributed by atoms with Crippen molar-refractivity contribution in [1.82, 2.24) is 0 Å². The van der Waals surface area contributed by atoms with E-state index in [1.807, 2.05) is 6.07 Å². The molecule has 0 atom stereocenters. The van der Waals surface area contributed by atoms with Crippen LogP contribution in [-0.4, -0.2) is 48.0 Å². The Balaban J connectivity index is 2.26. The van der Waals surface area contributed by atoms with Crippen LogP contribution in [0.2, 0.25) is 0 Å². The fourth-order valence-corrected chi connectivity index (χ4v) is 2.49. The van der Waals surface area contributed by atoms with E-state index in [0.29, 0.717) is 11.4 Å². The van der Waals surface area contributed by atoms with Crippen LogP contribution >= 0.6 is 0 Å². The third-order valence-electron chi connectivity index (χ3n) is 3.40. The van der Waals surface area contributed by atoms with Gasteiger partial charge < -0.3 is 15.4 Å². The summed E-state index contributed by atoms with van der Waals surface area (Å²) in [6, 6.07) is 5.41. The standard InChI is InChI=1S/C12H19N3O3S/c1-14(19(3,16)17)12-6-9(4-5-11(12)13)15-7-10(8-15)18-2/h4-6,10H,7-8,13H2,1-3H3. The van der Waals surface area contributed by atoms with Crippen molar-refractivity contribution in [2.75, 3.05) is 48.4 Å². The van der Waals surface area contributed by atoms with E-state index < -0.39 is 10.0 Å². The molecule has 0 saturated carbocycles. The Morgan fingerprint density at radius 1 is 1.42 bits per heavy atom. The van der Waals surface area contributed by atoms with Crippen LogP contribution in [0.25, 0.3) is 0 Å². The van der Waals surface area contributed by atoms with Crippen molar-refractivity contribution in [2.45, 2.75) is 6.10 Å². The molecule has 1 aliphatic heterocycles. The Bertz CT molecular complexity index is 568. The van der Waals surface area contributed by atoms with Gasteiger partial charge in [0.15, 0.2) is 0 Å². The lowest BCUT2D eigenvalue weighted by molar-refractivity contribution is 0.0788. The molecule has 1 aromatic rings. The Kier molecular flexibility index (Phi) is 3.60. The van der Waals surface area contributed by atoms with Crippen molar-refractivity contribution in [3.63, 3.8) is 0 Å². The van der Waals surface area contributed by atoms with E-state index in [2.05, 4.69) is 4.90 Å². The maximum absolute atomic E-state index is 11.6. The molecule has 0 unspecified atom stereocenters. The van der Waals surface area contributed by atoms with Crippen LogP contribution in [0, 0.1) is 0 Å². The molecule has 0 aliphatic carbocycles. The van der Waals surface area contributed by atoms with E-state index in [9.17, 15) is 8.42 Å². The molecular weight excluding hydrogens is 266 g/mol. The molecule has 2 N–H and O–H groups in total. The number of benzene rings is 1. The first-order valence-electron chi connectivity index (χ1n) is 5.94. The van der Waals surface area contributed by atoms with E-state index >= 15 is 0 Å². The molecule has 1 aromatic carbocycles. The molecule has 1 heterocycles. The van der Waals surface area contributed by atoms with Crippen molar-refractivity contribution in [3.05, 3.63) is 18.2 Å². The molecule has 2 rings (SSSR count). The number of anilines is 3. The van der Waals surface area contributed by atoms with Gasteiger partial charge in [0.2, 0.25) is 10.0 Å². The third-order valence-corrected chi connectivity index (χ3v) is 4.59. The Morgan fingerprint density at radius 3 is 2.58 bits per heavy atom. The highest BCUT2D eigenvalue weighted by Gasteiger charge is 2.27. The van der Waals surface area contributed by atoms with Gasteiger partial charge in [-0.05, 0) is 18.2 Å². The summed E-state index contributed by atoms with van der Waals surface area (Å²) in [7, 11) is -0.128. The van der Waals surface area contributed by atoms with Gasteiger partial charge in [0, 0.05) is 32.9 Å². The first-order chi connectivity index (χ1) is 8.82. The van der Waals surface area contributed by atoms with Gasteiger partial charge in [-0.1, -0.05) is 0 Å². The number of rotatable bonds is 4. The lowest BCUT2D eigenvalue weighted by Gasteiger charge is -2.40. The summed E-state index contributed by atoms with van der Waals surface area (Å²) in [6.07, 6.45) is 1.40. The molecule has 1 fully saturated rings. The predicted molar refractivity (Wildman–Crippen MR) is 77.1 cm³/mol. The molecule has 0 amide bonds. The van der Waals surface area contributed by atoms with Crippen LogP contribution in [0.4, 0.5) is 17.1 Å². The van der Waals surface area contributed by atoms with Crippen LogP contribution in [0.5, 0.6) is 0 Å². The molecule has 1 aliphatic rings. The number of sulfonamides is 1. The summed E-state index contributed by atoms with van der Waals surface area (Å²) < 4.78 is 29.6. The average molecular weight is 285 g/mol. The minimum atomic E-state index is -3.31. The van der Waals surface area contributed by atoms with Crippen molar-refractivity contribution in [2.24, 2.45) is 0 Å². The number of hydrogen-bond acceptors (Lipinski definition) is 5. The molecule has 6 nitrogen and oxygen atoms in total. The van der Waals surface area contributed by atoms with Crippen molar-refractivity contribution in [3.8, 4) is 0 Å². The van der Waals surface area contributed by atoms with Crippen LogP contribution in [-0.2, 0) is 14.8 Å². The highest BCUT2D eigenvalue weighted by atomic mass is 32.2. The van der Waals surface area contributed by atoms with Gasteiger partial charge >= 0.3 is 0 Å². The number of hydrogen-bond donors (Lipinski definition) is 1. The minimum Gasteiger partial charge on any atom is -0.397 e. The summed E-state index contributed by atoms with van der Waals surface area (Å²) in [5, 5.41) is 0. The molecule has 19 heavy (non-hydrogen) atoms. The second kappa shape index (κ2) is 4.90. The molecule has 0 aromatic heterocycles. The maximum Gasteiger partial charge on any atom is 0.232 e. The van der Waals surface area contributed by atoms with Gasteiger partial charge in [-0.3, -0.25) is 4.31 Å². The lowest BCUT2D eigenvalue weighted by Crippen LogP contribution is -2.51. The zero-order valence-corrected chi connectivity index (χ0v) is 12.1. The number of nitrogens with two attached hydrogens (primary N) is 1. The summed E-state index contributed by atoms with van der Waals surface area (Å²) in [6.45, 7) is 1.62. The molecule has 0 spiro atoms. The Hall–Kier alpha value is -1.47. The van der Waals surface area contributed by atoms with Gasteiger partial charge in [-0.2, -0.15) is 0 Å². The van der Waals surface area contributed by atoms with Crippen LogP contribution in [0.15, 0.2) is 18.2 Å². The molecule has 106 valence electrons. The number of nitrogens with zero attached hydrogens (tertiary/aromatic N) is 2. The number of methoxy groups -OCH3 is 1. The SMILES string of the molecule is COC1CN(c2ccc(N)c(N(C)S(C)(=O)=O)c2)C1. The quantitative estimate of drug-likeness (QED) is 0.815. The smallest absolute Gasteiger partial charge is 0.232 e. The van der Waals surface area contributed by atoms with Crippen molar-refractivity contribution >= 4 is 27.1 Å². The van der Waals surface area contributed by atoms with Crippen LogP contribution in [0.3, 0.4) is 0 Å². The Morgan fingerprint density at radius 2 is 2.05 bits per heavy atom. The molecule has 0 bridgehead atoms. The maximum atomic E-state index is 11.6. The average Bonchev–Trinajstić information content (AvgIpc) is 2.27. The highest BCUT2D eigenvalue weighted by molar-refractivity contribution is 7.92. The van der Waals surface area contributed by atoms with Crippen LogP contribution < -0.4 is 14.9 Å². The summed E-state index contributed by atoms with van der Waals surface area (Å²) in [4.78, 5) is 2.12. The summed E-state index contributed by atoms with van der Waals surface area (Å²) in [5.74, 6) is 0. The first-order valence-corrected chi connectivity index (χ1v) is 7.79. The lowest BCUT2D eigenvalue weighted by atomic mass is 10.1. The fourth-order valence-electron chi connectivity index (χ4n) is 1.98. The van der Waals surface area contributed by atoms with Gasteiger partial charge in [0.05, 0.1) is 23.7 Å². The molecular formula is C12H19N3O3S. The highest BCUT2D eigenvalue weighted by Crippen LogP contribution is 2.31. The molecule has 1 saturated heterocycles. The second-order valence-corrected chi connectivity index (χ2v) is 6.75. The largest absolute Gasteiger partial charge is 0.397 e. The number of nitrogen functional groups attached to an aromatic ring is 1. The van der Waals surface area contributed by atoms with Crippen molar-refractivity contribution < 1.29 is 13.2 Å². The normalized spacial score (nSPS) is 16.3.